The Labute approximate surface area is 173 Å². The summed E-state index contributed by atoms with van der Waals surface area (Å²) < 4.78 is 12.8. The van der Waals surface area contributed by atoms with Crippen LogP contribution >= 0.6 is 27.5 Å². The number of ether oxygens (including phenoxy) is 2. The summed E-state index contributed by atoms with van der Waals surface area (Å²) in [5.74, 6) is 1.35. The van der Waals surface area contributed by atoms with Crippen LogP contribution < -0.4 is 14.8 Å². The number of nitrogens with one attached hydrogen (secondary N) is 1. The van der Waals surface area contributed by atoms with Gasteiger partial charge in [-0.1, -0.05) is 57.9 Å². The maximum atomic E-state index is 6.49. The number of benzene rings is 3. The summed E-state index contributed by atoms with van der Waals surface area (Å²) in [4.78, 5) is 0. The quantitative estimate of drug-likeness (QED) is 0.418. The molecule has 0 heterocycles. The summed E-state index contributed by atoms with van der Waals surface area (Å²) >= 11 is 9.93. The van der Waals surface area contributed by atoms with E-state index in [-0.39, 0.29) is 0 Å². The van der Waals surface area contributed by atoms with Crippen LogP contribution in [0.2, 0.25) is 5.02 Å². The van der Waals surface area contributed by atoms with Gasteiger partial charge in [0.05, 0.1) is 6.61 Å². The van der Waals surface area contributed by atoms with E-state index in [4.69, 9.17) is 21.1 Å². The average molecular weight is 447 g/mol. The monoisotopic (exact) mass is 445 g/mol. The Kier molecular flexibility index (Phi) is 7.02. The smallest absolute Gasteiger partial charge is 0.163 e. The van der Waals surface area contributed by atoms with E-state index in [9.17, 15) is 0 Å². The van der Waals surface area contributed by atoms with Crippen LogP contribution in [0.25, 0.3) is 0 Å². The van der Waals surface area contributed by atoms with Crippen molar-refractivity contribution in [2.75, 3.05) is 11.9 Å². The number of anilines is 1. The summed E-state index contributed by atoms with van der Waals surface area (Å²) in [5, 5.41) is 4.02. The highest BCUT2D eigenvalue weighted by molar-refractivity contribution is 9.10. The molecule has 3 rings (SSSR count). The van der Waals surface area contributed by atoms with Crippen LogP contribution in [0.3, 0.4) is 0 Å². The van der Waals surface area contributed by atoms with Gasteiger partial charge in [-0.05, 0) is 48.4 Å². The molecule has 0 saturated heterocycles. The van der Waals surface area contributed by atoms with Crippen LogP contribution in [0, 0.1) is 0 Å². The Morgan fingerprint density at radius 1 is 0.926 bits per heavy atom. The predicted molar refractivity (Wildman–Crippen MR) is 115 cm³/mol. The molecule has 0 unspecified atom stereocenters. The van der Waals surface area contributed by atoms with Crippen molar-refractivity contribution in [1.29, 1.82) is 0 Å². The zero-order valence-corrected chi connectivity index (χ0v) is 17.4. The maximum Gasteiger partial charge on any atom is 0.163 e. The molecule has 3 aromatic carbocycles. The summed E-state index contributed by atoms with van der Waals surface area (Å²) in [6, 6.07) is 21.8. The number of hydrogen-bond acceptors (Lipinski definition) is 3. The fourth-order valence-corrected chi connectivity index (χ4v) is 3.08. The molecule has 140 valence electrons. The Morgan fingerprint density at radius 3 is 2.33 bits per heavy atom. The summed E-state index contributed by atoms with van der Waals surface area (Å²) in [7, 11) is 0. The van der Waals surface area contributed by atoms with Crippen molar-refractivity contribution in [2.45, 2.75) is 20.1 Å². The molecule has 0 spiro atoms. The Balaban J connectivity index is 1.73. The molecule has 0 radical (unpaired) electrons. The van der Waals surface area contributed by atoms with E-state index < -0.39 is 0 Å². The molecule has 1 N–H and O–H groups in total. The van der Waals surface area contributed by atoms with E-state index in [1.807, 2.05) is 73.7 Å². The highest BCUT2D eigenvalue weighted by atomic mass is 79.9. The Hall–Kier alpha value is -2.17. The van der Waals surface area contributed by atoms with Gasteiger partial charge in [-0.25, -0.2) is 0 Å². The second-order valence-corrected chi connectivity index (χ2v) is 7.28. The van der Waals surface area contributed by atoms with Crippen molar-refractivity contribution in [3.63, 3.8) is 0 Å². The van der Waals surface area contributed by atoms with Gasteiger partial charge in [-0.2, -0.15) is 0 Å². The van der Waals surface area contributed by atoms with E-state index in [1.54, 1.807) is 0 Å². The molecule has 0 saturated carbocycles. The molecule has 5 heteroatoms. The van der Waals surface area contributed by atoms with Gasteiger partial charge in [0.2, 0.25) is 0 Å². The van der Waals surface area contributed by atoms with Gasteiger partial charge in [0.1, 0.15) is 6.61 Å². The minimum Gasteiger partial charge on any atom is -0.490 e. The van der Waals surface area contributed by atoms with Crippen LogP contribution in [0.5, 0.6) is 11.5 Å². The van der Waals surface area contributed by atoms with Crippen molar-refractivity contribution >= 4 is 33.2 Å². The van der Waals surface area contributed by atoms with Crippen LogP contribution in [0.4, 0.5) is 5.69 Å². The Bertz CT molecular complexity index is 869. The Morgan fingerprint density at radius 2 is 1.63 bits per heavy atom. The van der Waals surface area contributed by atoms with Gasteiger partial charge < -0.3 is 14.8 Å². The van der Waals surface area contributed by atoms with Gasteiger partial charge in [0.15, 0.2) is 11.5 Å². The molecule has 0 atom stereocenters. The second kappa shape index (κ2) is 9.67. The zero-order chi connectivity index (χ0) is 19.1. The first kappa shape index (κ1) is 19.6. The number of hydrogen-bond donors (Lipinski definition) is 1. The van der Waals surface area contributed by atoms with Crippen LogP contribution in [0.1, 0.15) is 18.1 Å². The first-order valence-electron chi connectivity index (χ1n) is 8.77. The normalized spacial score (nSPS) is 10.5. The molecule has 3 nitrogen and oxygen atoms in total. The van der Waals surface area contributed by atoms with E-state index >= 15 is 0 Å². The molecule has 0 amide bonds. The standard InChI is InChI=1S/C22H21BrClNO2/c1-2-26-21-12-17(14-25-19-10-8-18(23)9-11-19)20(24)13-22(21)27-15-16-6-4-3-5-7-16/h3-13,25H,2,14-15H2,1H3. The maximum absolute atomic E-state index is 6.49. The third-order valence-electron chi connectivity index (χ3n) is 3.98. The highest BCUT2D eigenvalue weighted by Crippen LogP contribution is 2.34. The minimum absolute atomic E-state index is 0.466. The van der Waals surface area contributed by atoms with Gasteiger partial charge in [-0.3, -0.25) is 0 Å². The van der Waals surface area contributed by atoms with E-state index in [0.717, 1.165) is 21.3 Å². The molecule has 3 aromatic rings. The van der Waals surface area contributed by atoms with Crippen LogP contribution in [0.15, 0.2) is 71.2 Å². The fourth-order valence-electron chi connectivity index (χ4n) is 2.59. The van der Waals surface area contributed by atoms with Gasteiger partial charge in [-0.15, -0.1) is 0 Å². The predicted octanol–water partition coefficient (Wildman–Crippen LogP) is 6.69. The summed E-state index contributed by atoms with van der Waals surface area (Å²) in [6.45, 7) is 3.57. The van der Waals surface area contributed by atoms with E-state index in [0.29, 0.717) is 36.3 Å². The summed E-state index contributed by atoms with van der Waals surface area (Å²) in [5.41, 5.74) is 3.07. The minimum atomic E-state index is 0.466. The molecule has 0 aliphatic heterocycles. The van der Waals surface area contributed by atoms with Gasteiger partial charge >= 0.3 is 0 Å². The molecule has 27 heavy (non-hydrogen) atoms. The molecule has 0 aromatic heterocycles. The highest BCUT2D eigenvalue weighted by Gasteiger charge is 2.12. The third-order valence-corrected chi connectivity index (χ3v) is 4.86. The average Bonchev–Trinajstić information content (AvgIpc) is 2.69. The van der Waals surface area contributed by atoms with Crippen molar-refractivity contribution in [3.8, 4) is 11.5 Å². The lowest BCUT2D eigenvalue weighted by molar-refractivity contribution is 0.269. The molecule has 0 aliphatic carbocycles. The topological polar surface area (TPSA) is 30.5 Å². The first-order chi connectivity index (χ1) is 13.2. The van der Waals surface area contributed by atoms with Gasteiger partial charge in [0.25, 0.3) is 0 Å². The van der Waals surface area contributed by atoms with Crippen molar-refractivity contribution < 1.29 is 9.47 Å². The van der Waals surface area contributed by atoms with E-state index in [1.165, 1.54) is 0 Å². The zero-order valence-electron chi connectivity index (χ0n) is 15.0. The molecular formula is C22H21BrClNO2. The van der Waals surface area contributed by atoms with Crippen molar-refractivity contribution in [3.05, 3.63) is 87.4 Å². The van der Waals surface area contributed by atoms with Crippen LogP contribution in [-0.2, 0) is 13.2 Å². The summed E-state index contributed by atoms with van der Waals surface area (Å²) in [6.07, 6.45) is 0. The lowest BCUT2D eigenvalue weighted by Gasteiger charge is -2.16. The lowest BCUT2D eigenvalue weighted by Crippen LogP contribution is -2.04. The van der Waals surface area contributed by atoms with Crippen LogP contribution in [-0.4, -0.2) is 6.61 Å². The largest absolute Gasteiger partial charge is 0.490 e. The fraction of sp³-hybridized carbons (Fsp3) is 0.182. The van der Waals surface area contributed by atoms with E-state index in [2.05, 4.69) is 21.2 Å². The first-order valence-corrected chi connectivity index (χ1v) is 9.94. The second-order valence-electron chi connectivity index (χ2n) is 5.96. The SMILES string of the molecule is CCOc1cc(CNc2ccc(Br)cc2)c(Cl)cc1OCc1ccccc1. The molecule has 0 fully saturated rings. The lowest BCUT2D eigenvalue weighted by atomic mass is 10.2. The van der Waals surface area contributed by atoms with Crippen molar-refractivity contribution in [1.82, 2.24) is 0 Å². The molecule has 0 aliphatic rings. The number of halogens is 2. The van der Waals surface area contributed by atoms with Gasteiger partial charge in [0, 0.05) is 27.8 Å². The number of rotatable bonds is 8. The molecule has 0 bridgehead atoms. The third kappa shape index (κ3) is 5.65. The van der Waals surface area contributed by atoms with Crippen molar-refractivity contribution in [2.24, 2.45) is 0 Å². The molecular weight excluding hydrogens is 426 g/mol.